The summed E-state index contributed by atoms with van der Waals surface area (Å²) in [7, 11) is 1.29. The second kappa shape index (κ2) is 6.64. The Morgan fingerprint density at radius 2 is 2.00 bits per heavy atom. The molecule has 0 fully saturated rings. The van der Waals surface area contributed by atoms with E-state index in [0.29, 0.717) is 22.6 Å². The van der Waals surface area contributed by atoms with E-state index in [0.717, 1.165) is 5.56 Å². The van der Waals surface area contributed by atoms with Gasteiger partial charge in [-0.05, 0) is 13.0 Å². The lowest BCUT2D eigenvalue weighted by molar-refractivity contribution is 0.0561. The summed E-state index contributed by atoms with van der Waals surface area (Å²) in [4.78, 5) is 23.4. The number of amides is 1. The third kappa shape index (κ3) is 3.30. The molecule has 0 bridgehead atoms. The molecule has 0 aliphatic heterocycles. The smallest absolute Gasteiger partial charge is 0.374 e. The van der Waals surface area contributed by atoms with Gasteiger partial charge in [-0.25, -0.2) is 4.79 Å². The molecule has 2 aromatic heterocycles. The van der Waals surface area contributed by atoms with Gasteiger partial charge >= 0.3 is 5.97 Å². The first kappa shape index (κ1) is 16.5. The number of hydrogen-bond donors (Lipinski definition) is 1. The Labute approximate surface area is 144 Å². The molecule has 0 aliphatic rings. The van der Waals surface area contributed by atoms with Crippen molar-refractivity contribution < 1.29 is 18.7 Å². The Balaban J connectivity index is 1.94. The molecule has 7 heteroatoms. The zero-order valence-corrected chi connectivity index (χ0v) is 13.9. The van der Waals surface area contributed by atoms with Crippen molar-refractivity contribution in [1.82, 2.24) is 9.78 Å². The van der Waals surface area contributed by atoms with Gasteiger partial charge in [-0.3, -0.25) is 9.48 Å². The predicted molar refractivity (Wildman–Crippen MR) is 90.1 cm³/mol. The van der Waals surface area contributed by atoms with Crippen molar-refractivity contribution in [1.29, 1.82) is 0 Å². The van der Waals surface area contributed by atoms with Crippen LogP contribution in [0.25, 0.3) is 11.3 Å². The topological polar surface area (TPSA) is 100 Å². The van der Waals surface area contributed by atoms with Crippen LogP contribution < -0.4 is 5.73 Å². The van der Waals surface area contributed by atoms with E-state index < -0.39 is 11.9 Å². The zero-order chi connectivity index (χ0) is 18.0. The number of aromatic nitrogens is 2. The third-order valence-electron chi connectivity index (χ3n) is 3.73. The molecule has 0 atom stereocenters. The van der Waals surface area contributed by atoms with Crippen molar-refractivity contribution in [3.05, 3.63) is 65.2 Å². The fraction of sp³-hybridized carbons (Fsp3) is 0.167. The van der Waals surface area contributed by atoms with Crippen LogP contribution in [0.2, 0.25) is 0 Å². The number of primary amides is 1. The molecule has 0 radical (unpaired) electrons. The van der Waals surface area contributed by atoms with Crippen LogP contribution >= 0.6 is 0 Å². The minimum Gasteiger partial charge on any atom is -0.463 e. The highest BCUT2D eigenvalue weighted by molar-refractivity contribution is 5.98. The van der Waals surface area contributed by atoms with E-state index in [2.05, 4.69) is 9.84 Å². The highest BCUT2D eigenvalue weighted by Gasteiger charge is 2.19. The summed E-state index contributed by atoms with van der Waals surface area (Å²) in [5.74, 6) is -0.415. The van der Waals surface area contributed by atoms with E-state index in [1.807, 2.05) is 30.3 Å². The van der Waals surface area contributed by atoms with E-state index in [-0.39, 0.29) is 12.3 Å². The summed E-state index contributed by atoms with van der Waals surface area (Å²) in [6.07, 6.45) is 1.57. The summed E-state index contributed by atoms with van der Waals surface area (Å²) < 4.78 is 11.8. The number of hydrogen-bond acceptors (Lipinski definition) is 5. The van der Waals surface area contributed by atoms with Gasteiger partial charge in [0.25, 0.3) is 5.91 Å². The van der Waals surface area contributed by atoms with Gasteiger partial charge in [-0.15, -0.1) is 0 Å². The van der Waals surface area contributed by atoms with Crippen LogP contribution in [0.4, 0.5) is 0 Å². The first-order valence-electron chi connectivity index (χ1n) is 7.60. The maximum atomic E-state index is 11.7. The third-order valence-corrected chi connectivity index (χ3v) is 3.73. The van der Waals surface area contributed by atoms with E-state index in [1.54, 1.807) is 23.9 Å². The maximum Gasteiger partial charge on any atom is 0.374 e. The SMILES string of the molecule is COC(=O)c1oc(Cn2cc(C(N)=O)c(-c3ccccc3)n2)cc1C. The molecule has 3 rings (SSSR count). The lowest BCUT2D eigenvalue weighted by Gasteiger charge is -1.99. The van der Waals surface area contributed by atoms with Crippen LogP contribution in [-0.4, -0.2) is 28.8 Å². The molecule has 25 heavy (non-hydrogen) atoms. The molecule has 2 N–H and O–H groups in total. The molecular weight excluding hydrogens is 322 g/mol. The normalized spacial score (nSPS) is 10.6. The van der Waals surface area contributed by atoms with E-state index in [1.165, 1.54) is 7.11 Å². The molecule has 0 spiro atoms. The summed E-state index contributed by atoms with van der Waals surface area (Å²) in [5, 5.41) is 4.44. The van der Waals surface area contributed by atoms with Crippen LogP contribution in [0.5, 0.6) is 0 Å². The number of nitrogens with zero attached hydrogens (tertiary/aromatic N) is 2. The average molecular weight is 339 g/mol. The van der Waals surface area contributed by atoms with Crippen LogP contribution in [-0.2, 0) is 11.3 Å². The highest BCUT2D eigenvalue weighted by atomic mass is 16.5. The van der Waals surface area contributed by atoms with Gasteiger partial charge in [-0.2, -0.15) is 5.10 Å². The average Bonchev–Trinajstić information content (AvgIpc) is 3.19. The summed E-state index contributed by atoms with van der Waals surface area (Å²) >= 11 is 0. The quantitative estimate of drug-likeness (QED) is 0.719. The molecule has 2 heterocycles. The Hall–Kier alpha value is -3.35. The monoisotopic (exact) mass is 339 g/mol. The predicted octanol–water partition coefficient (Wildman–Crippen LogP) is 2.39. The van der Waals surface area contributed by atoms with Crippen molar-refractivity contribution in [2.75, 3.05) is 7.11 Å². The Morgan fingerprint density at radius 3 is 2.64 bits per heavy atom. The number of ether oxygens (including phenoxy) is 1. The number of furan rings is 1. The second-order valence-electron chi connectivity index (χ2n) is 5.54. The molecule has 0 saturated heterocycles. The van der Waals surface area contributed by atoms with Crippen LogP contribution in [0, 0.1) is 6.92 Å². The summed E-state index contributed by atoms with van der Waals surface area (Å²) in [6.45, 7) is 2.01. The number of carbonyl (C=O) groups is 2. The van der Waals surface area contributed by atoms with Gasteiger partial charge in [0.2, 0.25) is 5.76 Å². The molecule has 1 aromatic carbocycles. The number of benzene rings is 1. The number of carbonyl (C=O) groups excluding carboxylic acids is 2. The number of rotatable bonds is 5. The molecule has 0 unspecified atom stereocenters. The molecule has 1 amide bonds. The number of aryl methyl sites for hydroxylation is 1. The summed E-state index contributed by atoms with van der Waals surface area (Å²) in [5.41, 5.74) is 7.76. The van der Waals surface area contributed by atoms with Crippen LogP contribution in [0.1, 0.15) is 32.2 Å². The second-order valence-corrected chi connectivity index (χ2v) is 5.54. The van der Waals surface area contributed by atoms with Crippen molar-refractivity contribution >= 4 is 11.9 Å². The lowest BCUT2D eigenvalue weighted by atomic mass is 10.1. The first-order valence-corrected chi connectivity index (χ1v) is 7.60. The van der Waals surface area contributed by atoms with Crippen molar-refractivity contribution in [3.63, 3.8) is 0 Å². The zero-order valence-electron chi connectivity index (χ0n) is 13.9. The Bertz CT molecular complexity index is 925. The lowest BCUT2D eigenvalue weighted by Crippen LogP contribution is -2.11. The van der Waals surface area contributed by atoms with E-state index in [9.17, 15) is 9.59 Å². The molecule has 0 aliphatic carbocycles. The standard InChI is InChI=1S/C18H17N3O4/c1-11-8-13(25-16(11)18(23)24-2)9-21-10-14(17(19)22)15(20-21)12-6-4-3-5-7-12/h3-8,10H,9H2,1-2H3,(H2,19,22). The number of nitrogens with two attached hydrogens (primary N) is 1. The van der Waals surface area contributed by atoms with Gasteiger partial charge < -0.3 is 14.9 Å². The van der Waals surface area contributed by atoms with E-state index in [4.69, 9.17) is 10.2 Å². The minimum atomic E-state index is -0.559. The minimum absolute atomic E-state index is 0.156. The van der Waals surface area contributed by atoms with Gasteiger partial charge in [0, 0.05) is 17.3 Å². The number of esters is 1. The molecule has 3 aromatic rings. The molecular formula is C18H17N3O4. The van der Waals surface area contributed by atoms with Crippen molar-refractivity contribution in [2.24, 2.45) is 5.73 Å². The van der Waals surface area contributed by atoms with Crippen molar-refractivity contribution in [2.45, 2.75) is 13.5 Å². The van der Waals surface area contributed by atoms with Crippen molar-refractivity contribution in [3.8, 4) is 11.3 Å². The number of methoxy groups -OCH3 is 1. The summed E-state index contributed by atoms with van der Waals surface area (Å²) in [6, 6.07) is 11.0. The molecule has 0 saturated carbocycles. The van der Waals surface area contributed by atoms with E-state index >= 15 is 0 Å². The van der Waals surface area contributed by atoms with Gasteiger partial charge in [0.05, 0.1) is 19.2 Å². The fourth-order valence-corrected chi connectivity index (χ4v) is 2.57. The Morgan fingerprint density at radius 1 is 1.28 bits per heavy atom. The van der Waals surface area contributed by atoms with Crippen LogP contribution in [0.15, 0.2) is 47.0 Å². The maximum absolute atomic E-state index is 11.7. The van der Waals surface area contributed by atoms with Crippen LogP contribution in [0.3, 0.4) is 0 Å². The van der Waals surface area contributed by atoms with Gasteiger partial charge in [0.1, 0.15) is 11.5 Å². The fourth-order valence-electron chi connectivity index (χ4n) is 2.57. The molecule has 7 nitrogen and oxygen atoms in total. The highest BCUT2D eigenvalue weighted by Crippen LogP contribution is 2.23. The largest absolute Gasteiger partial charge is 0.463 e. The Kier molecular flexibility index (Phi) is 4.38. The first-order chi connectivity index (χ1) is 12.0. The molecule has 128 valence electrons. The van der Waals surface area contributed by atoms with Gasteiger partial charge in [0.15, 0.2) is 0 Å². The van der Waals surface area contributed by atoms with Gasteiger partial charge in [-0.1, -0.05) is 30.3 Å².